The number of para-hydroxylation sites is 1. The van der Waals surface area contributed by atoms with Gasteiger partial charge in [0.05, 0.1) is 23.6 Å². The minimum Gasteiger partial charge on any atom is -0.364 e. The molecular formula is C17H22N4O3. The molecule has 2 heterocycles. The normalized spacial score (nSPS) is 20.4. The number of aromatic nitrogens is 2. The molecule has 2 atom stereocenters. The predicted molar refractivity (Wildman–Crippen MR) is 90.4 cm³/mol. The highest BCUT2D eigenvalue weighted by Crippen LogP contribution is 2.21. The molecule has 128 valence electrons. The van der Waals surface area contributed by atoms with Crippen molar-refractivity contribution in [3.8, 4) is 0 Å². The van der Waals surface area contributed by atoms with E-state index >= 15 is 0 Å². The Balaban J connectivity index is 1.78. The number of hydrogen-bond donors (Lipinski definition) is 2. The summed E-state index contributed by atoms with van der Waals surface area (Å²) >= 11 is 0. The number of carbonyl (C=O) groups excluding carboxylic acids is 1. The van der Waals surface area contributed by atoms with Crippen LogP contribution in [0.15, 0.2) is 29.1 Å². The molecule has 2 aromatic rings. The monoisotopic (exact) mass is 330 g/mol. The Morgan fingerprint density at radius 1 is 1.42 bits per heavy atom. The van der Waals surface area contributed by atoms with Crippen LogP contribution in [0.1, 0.15) is 25.6 Å². The summed E-state index contributed by atoms with van der Waals surface area (Å²) in [5.41, 5.74) is 6.03. The van der Waals surface area contributed by atoms with E-state index in [1.54, 1.807) is 23.1 Å². The molecule has 1 aromatic heterocycles. The van der Waals surface area contributed by atoms with Gasteiger partial charge in [-0.1, -0.05) is 12.1 Å². The van der Waals surface area contributed by atoms with Gasteiger partial charge in [-0.25, -0.2) is 4.98 Å². The Morgan fingerprint density at radius 2 is 2.21 bits per heavy atom. The van der Waals surface area contributed by atoms with Gasteiger partial charge >= 0.3 is 0 Å². The SMILES string of the molecule is CCN(Cc1nc2ccccc2c(=O)[nH]1)C(=O)[C@@H]1CC[C@H](CN)O1. The number of ether oxygens (including phenoxy) is 1. The van der Waals surface area contributed by atoms with Gasteiger partial charge < -0.3 is 20.4 Å². The van der Waals surface area contributed by atoms with Crippen molar-refractivity contribution in [1.29, 1.82) is 0 Å². The summed E-state index contributed by atoms with van der Waals surface area (Å²) in [4.78, 5) is 33.6. The Bertz CT molecular complexity index is 789. The van der Waals surface area contributed by atoms with E-state index in [1.165, 1.54) is 0 Å². The first-order valence-electron chi connectivity index (χ1n) is 8.24. The van der Waals surface area contributed by atoms with Gasteiger partial charge in [0.1, 0.15) is 11.9 Å². The van der Waals surface area contributed by atoms with Crippen molar-refractivity contribution in [1.82, 2.24) is 14.9 Å². The lowest BCUT2D eigenvalue weighted by atomic mass is 10.2. The molecule has 1 saturated heterocycles. The topological polar surface area (TPSA) is 101 Å². The summed E-state index contributed by atoms with van der Waals surface area (Å²) in [5, 5.41) is 0.542. The lowest BCUT2D eigenvalue weighted by molar-refractivity contribution is -0.143. The number of hydrogen-bond acceptors (Lipinski definition) is 5. The van der Waals surface area contributed by atoms with Gasteiger partial charge in [-0.05, 0) is 31.9 Å². The van der Waals surface area contributed by atoms with E-state index in [1.807, 2.05) is 13.0 Å². The number of nitrogens with two attached hydrogens (primary N) is 1. The molecule has 1 fully saturated rings. The average Bonchev–Trinajstić information content (AvgIpc) is 3.08. The van der Waals surface area contributed by atoms with E-state index < -0.39 is 6.10 Å². The number of benzene rings is 1. The van der Waals surface area contributed by atoms with E-state index in [9.17, 15) is 9.59 Å². The highest BCUT2D eigenvalue weighted by molar-refractivity contribution is 5.81. The quantitative estimate of drug-likeness (QED) is 0.843. The molecule has 0 spiro atoms. The smallest absolute Gasteiger partial charge is 0.258 e. The zero-order chi connectivity index (χ0) is 17.1. The van der Waals surface area contributed by atoms with Crippen LogP contribution in [0.25, 0.3) is 10.9 Å². The molecule has 1 aliphatic heterocycles. The van der Waals surface area contributed by atoms with Gasteiger partial charge in [-0.2, -0.15) is 0 Å². The molecule has 0 saturated carbocycles. The maximum absolute atomic E-state index is 12.6. The molecule has 1 aliphatic rings. The van der Waals surface area contributed by atoms with Gasteiger partial charge in [0.15, 0.2) is 0 Å². The van der Waals surface area contributed by atoms with Crippen molar-refractivity contribution in [3.05, 3.63) is 40.4 Å². The molecule has 0 bridgehead atoms. The van der Waals surface area contributed by atoms with Crippen molar-refractivity contribution in [2.24, 2.45) is 5.73 Å². The maximum Gasteiger partial charge on any atom is 0.258 e. The van der Waals surface area contributed by atoms with Crippen LogP contribution in [0.2, 0.25) is 0 Å². The van der Waals surface area contributed by atoms with Crippen molar-refractivity contribution in [2.75, 3.05) is 13.1 Å². The van der Waals surface area contributed by atoms with Crippen LogP contribution in [-0.2, 0) is 16.1 Å². The second kappa shape index (κ2) is 7.11. The van der Waals surface area contributed by atoms with E-state index in [-0.39, 0.29) is 24.1 Å². The molecule has 1 aromatic carbocycles. The average molecular weight is 330 g/mol. The second-order valence-corrected chi connectivity index (χ2v) is 5.94. The Kier molecular flexibility index (Phi) is 4.92. The molecule has 7 nitrogen and oxygen atoms in total. The lowest BCUT2D eigenvalue weighted by Gasteiger charge is -2.23. The summed E-state index contributed by atoms with van der Waals surface area (Å²) in [5.74, 6) is 0.395. The number of rotatable bonds is 5. The Labute approximate surface area is 139 Å². The molecular weight excluding hydrogens is 308 g/mol. The standard InChI is InChI=1S/C17H22N4O3/c1-2-21(17(23)14-8-7-11(9-18)24-14)10-15-19-13-6-4-3-5-12(13)16(22)20-15/h3-6,11,14H,2,7-10,18H2,1H3,(H,19,20,22)/t11-,14+/m1/s1. The van der Waals surface area contributed by atoms with Crippen LogP contribution in [0.4, 0.5) is 0 Å². The van der Waals surface area contributed by atoms with Crippen molar-refractivity contribution in [3.63, 3.8) is 0 Å². The van der Waals surface area contributed by atoms with Gasteiger partial charge in [-0.3, -0.25) is 9.59 Å². The first kappa shape index (κ1) is 16.6. The third-order valence-electron chi connectivity index (χ3n) is 4.34. The van der Waals surface area contributed by atoms with Crippen LogP contribution >= 0.6 is 0 Å². The number of likely N-dealkylation sites (N-methyl/N-ethyl adjacent to an activating group) is 1. The fourth-order valence-electron chi connectivity index (χ4n) is 3.00. The summed E-state index contributed by atoms with van der Waals surface area (Å²) in [6.07, 6.45) is 0.982. The van der Waals surface area contributed by atoms with Gasteiger partial charge in [0.2, 0.25) is 0 Å². The molecule has 0 unspecified atom stereocenters. The zero-order valence-corrected chi connectivity index (χ0v) is 13.7. The van der Waals surface area contributed by atoms with E-state index in [0.29, 0.717) is 36.2 Å². The molecule has 0 aliphatic carbocycles. The van der Waals surface area contributed by atoms with Crippen molar-refractivity contribution >= 4 is 16.8 Å². The van der Waals surface area contributed by atoms with Gasteiger partial charge in [-0.15, -0.1) is 0 Å². The summed E-state index contributed by atoms with van der Waals surface area (Å²) in [7, 11) is 0. The van der Waals surface area contributed by atoms with Crippen molar-refractivity contribution < 1.29 is 9.53 Å². The molecule has 24 heavy (non-hydrogen) atoms. The van der Waals surface area contributed by atoms with E-state index in [0.717, 1.165) is 6.42 Å². The number of fused-ring (bicyclic) bond motifs is 1. The molecule has 0 radical (unpaired) electrons. The first-order chi connectivity index (χ1) is 11.6. The minimum absolute atomic E-state index is 0.0451. The molecule has 3 N–H and O–H groups in total. The molecule has 3 rings (SSSR count). The number of aromatic amines is 1. The highest BCUT2D eigenvalue weighted by atomic mass is 16.5. The van der Waals surface area contributed by atoms with Gasteiger partial charge in [0, 0.05) is 13.1 Å². The largest absolute Gasteiger partial charge is 0.364 e. The number of amides is 1. The predicted octanol–water partition coefficient (Wildman–Crippen LogP) is 0.778. The van der Waals surface area contributed by atoms with Crippen LogP contribution in [0.5, 0.6) is 0 Å². The fourth-order valence-corrected chi connectivity index (χ4v) is 3.00. The van der Waals surface area contributed by atoms with E-state index in [4.69, 9.17) is 10.5 Å². The van der Waals surface area contributed by atoms with Crippen LogP contribution in [-0.4, -0.2) is 46.1 Å². The zero-order valence-electron chi connectivity index (χ0n) is 13.7. The van der Waals surface area contributed by atoms with Crippen LogP contribution in [0.3, 0.4) is 0 Å². The van der Waals surface area contributed by atoms with Crippen molar-refractivity contribution in [2.45, 2.75) is 38.5 Å². The second-order valence-electron chi connectivity index (χ2n) is 5.94. The molecule has 1 amide bonds. The summed E-state index contributed by atoms with van der Waals surface area (Å²) < 4.78 is 5.68. The van der Waals surface area contributed by atoms with Gasteiger partial charge in [0.25, 0.3) is 11.5 Å². The lowest BCUT2D eigenvalue weighted by Crippen LogP contribution is -2.39. The molecule has 7 heteroatoms. The number of nitrogens with zero attached hydrogens (tertiary/aromatic N) is 2. The number of carbonyl (C=O) groups is 1. The summed E-state index contributed by atoms with van der Waals surface area (Å²) in [6, 6.07) is 7.15. The van der Waals surface area contributed by atoms with E-state index in [2.05, 4.69) is 9.97 Å². The number of nitrogens with one attached hydrogen (secondary N) is 1. The third-order valence-corrected chi connectivity index (χ3v) is 4.34. The van der Waals surface area contributed by atoms with Crippen LogP contribution < -0.4 is 11.3 Å². The number of H-pyrrole nitrogens is 1. The van der Waals surface area contributed by atoms with Crippen LogP contribution in [0, 0.1) is 0 Å². The fraction of sp³-hybridized carbons (Fsp3) is 0.471. The highest BCUT2D eigenvalue weighted by Gasteiger charge is 2.32. The first-order valence-corrected chi connectivity index (χ1v) is 8.24. The Hall–Kier alpha value is -2.25. The summed E-state index contributed by atoms with van der Waals surface area (Å²) in [6.45, 7) is 3.09. The Morgan fingerprint density at radius 3 is 2.92 bits per heavy atom. The maximum atomic E-state index is 12.6. The minimum atomic E-state index is -0.453. The third kappa shape index (κ3) is 3.32.